The highest BCUT2D eigenvalue weighted by molar-refractivity contribution is 5.19. The van der Waals surface area contributed by atoms with E-state index < -0.39 is 5.60 Å². The Hall–Kier alpha value is -1.24. The average Bonchev–Trinajstić information content (AvgIpc) is 2.58. The van der Waals surface area contributed by atoms with E-state index in [1.807, 2.05) is 0 Å². The summed E-state index contributed by atoms with van der Waals surface area (Å²) in [4.78, 5) is 12.4. The Morgan fingerprint density at radius 3 is 2.83 bits per heavy atom. The lowest BCUT2D eigenvalue weighted by molar-refractivity contribution is -0.0342. The highest BCUT2D eigenvalue weighted by atomic mass is 16.5. The van der Waals surface area contributed by atoms with Crippen LogP contribution < -0.4 is 10.9 Å². The van der Waals surface area contributed by atoms with E-state index in [9.17, 15) is 9.90 Å². The molecule has 0 aromatic carbocycles. The number of fused-ring (bicyclic) bond motifs is 1. The van der Waals surface area contributed by atoms with Crippen LogP contribution in [-0.4, -0.2) is 39.7 Å². The van der Waals surface area contributed by atoms with Gasteiger partial charge in [-0.15, -0.1) is 0 Å². The molecule has 1 aromatic heterocycles. The molecule has 0 amide bonds. The van der Waals surface area contributed by atoms with E-state index in [1.165, 1.54) is 0 Å². The maximum Gasteiger partial charge on any atom is 0.267 e. The largest absolute Gasteiger partial charge is 0.389 e. The molecule has 4 rings (SSSR count). The molecular weight excluding hydrogens is 306 g/mol. The summed E-state index contributed by atoms with van der Waals surface area (Å²) in [5, 5.41) is 18.4. The Morgan fingerprint density at radius 2 is 2.12 bits per heavy atom. The number of rotatable bonds is 4. The van der Waals surface area contributed by atoms with Crippen molar-refractivity contribution in [2.24, 2.45) is 0 Å². The van der Waals surface area contributed by atoms with Gasteiger partial charge in [0.2, 0.25) is 0 Å². The van der Waals surface area contributed by atoms with Crippen LogP contribution in [0.5, 0.6) is 0 Å². The van der Waals surface area contributed by atoms with Crippen LogP contribution in [0.3, 0.4) is 0 Å². The van der Waals surface area contributed by atoms with E-state index in [0.29, 0.717) is 25.8 Å². The van der Waals surface area contributed by atoms with Crippen molar-refractivity contribution in [3.05, 3.63) is 27.7 Å². The summed E-state index contributed by atoms with van der Waals surface area (Å²) >= 11 is 0. The molecule has 0 spiro atoms. The summed E-state index contributed by atoms with van der Waals surface area (Å²) in [6.07, 6.45) is 7.80. The van der Waals surface area contributed by atoms with Crippen LogP contribution in [0.15, 0.2) is 10.9 Å². The van der Waals surface area contributed by atoms with E-state index in [1.54, 1.807) is 10.7 Å². The monoisotopic (exact) mass is 333 g/mol. The molecule has 24 heavy (non-hydrogen) atoms. The fourth-order valence-corrected chi connectivity index (χ4v) is 4.11. The maximum atomic E-state index is 12.4. The van der Waals surface area contributed by atoms with Crippen molar-refractivity contribution in [2.45, 2.75) is 75.7 Å². The topological polar surface area (TPSA) is 76.4 Å². The van der Waals surface area contributed by atoms with Crippen LogP contribution in [0.1, 0.15) is 62.2 Å². The quantitative estimate of drug-likeness (QED) is 0.869. The van der Waals surface area contributed by atoms with Crippen molar-refractivity contribution in [1.29, 1.82) is 0 Å². The van der Waals surface area contributed by atoms with Gasteiger partial charge in [-0.3, -0.25) is 4.79 Å². The first-order valence-corrected chi connectivity index (χ1v) is 9.28. The zero-order valence-electron chi connectivity index (χ0n) is 14.2. The van der Waals surface area contributed by atoms with Crippen molar-refractivity contribution in [1.82, 2.24) is 15.1 Å². The van der Waals surface area contributed by atoms with Crippen LogP contribution in [0.2, 0.25) is 0 Å². The summed E-state index contributed by atoms with van der Waals surface area (Å²) in [5.74, 6) is 0. The van der Waals surface area contributed by atoms with Gasteiger partial charge in [0.05, 0.1) is 30.6 Å². The lowest BCUT2D eigenvalue weighted by Crippen LogP contribution is -2.49. The van der Waals surface area contributed by atoms with Gasteiger partial charge in [0.25, 0.3) is 5.56 Å². The summed E-state index contributed by atoms with van der Waals surface area (Å²) in [6, 6.07) is 2.36. The van der Waals surface area contributed by atoms with Crippen LogP contribution in [0.4, 0.5) is 0 Å². The third kappa shape index (κ3) is 3.27. The van der Waals surface area contributed by atoms with E-state index >= 15 is 0 Å². The first-order valence-electron chi connectivity index (χ1n) is 9.28. The number of nitrogens with one attached hydrogen (secondary N) is 1. The Bertz CT molecular complexity index is 645. The van der Waals surface area contributed by atoms with Gasteiger partial charge in [0.1, 0.15) is 0 Å². The first-order chi connectivity index (χ1) is 11.6. The predicted molar refractivity (Wildman–Crippen MR) is 90.0 cm³/mol. The molecule has 2 aliphatic carbocycles. The average molecular weight is 333 g/mol. The summed E-state index contributed by atoms with van der Waals surface area (Å²) in [5.41, 5.74) is 1.51. The van der Waals surface area contributed by atoms with Gasteiger partial charge in [-0.2, -0.15) is 5.10 Å². The zero-order chi connectivity index (χ0) is 16.6. The fraction of sp³-hybridized carbons (Fsp3) is 0.778. The number of aliphatic hydroxyl groups is 1. The number of ether oxygens (including phenoxy) is 1. The molecule has 0 bridgehead atoms. The predicted octanol–water partition coefficient (Wildman–Crippen LogP) is 1.30. The minimum absolute atomic E-state index is 0.000520. The molecule has 0 radical (unpaired) electrons. The molecule has 0 atom stereocenters. The Morgan fingerprint density at radius 1 is 1.33 bits per heavy atom. The molecule has 2 fully saturated rings. The van der Waals surface area contributed by atoms with Gasteiger partial charge >= 0.3 is 0 Å². The molecule has 6 nitrogen and oxygen atoms in total. The van der Waals surface area contributed by atoms with Crippen LogP contribution in [0.25, 0.3) is 0 Å². The molecule has 0 unspecified atom stereocenters. The Kier molecular flexibility index (Phi) is 4.45. The lowest BCUT2D eigenvalue weighted by atomic mass is 9.80. The van der Waals surface area contributed by atoms with Crippen molar-refractivity contribution < 1.29 is 9.84 Å². The molecular formula is C18H27N3O3. The SMILES string of the molecule is O=c1cc2c(nn1C1CCC(NCC3(O)CCC3)CC1)CCOC2. The number of nitrogens with zero attached hydrogens (tertiary/aromatic N) is 2. The summed E-state index contributed by atoms with van der Waals surface area (Å²) < 4.78 is 7.11. The van der Waals surface area contributed by atoms with Gasteiger partial charge in [-0.1, -0.05) is 0 Å². The highest BCUT2D eigenvalue weighted by Gasteiger charge is 2.35. The molecule has 1 aliphatic heterocycles. The molecule has 6 heteroatoms. The molecule has 2 N–H and O–H groups in total. The van der Waals surface area contributed by atoms with Crippen LogP contribution >= 0.6 is 0 Å². The van der Waals surface area contributed by atoms with Crippen molar-refractivity contribution in [3.63, 3.8) is 0 Å². The second kappa shape index (κ2) is 6.58. The van der Waals surface area contributed by atoms with E-state index in [-0.39, 0.29) is 11.6 Å². The molecule has 2 heterocycles. The Balaban J connectivity index is 1.36. The van der Waals surface area contributed by atoms with Crippen molar-refractivity contribution in [2.75, 3.05) is 13.2 Å². The van der Waals surface area contributed by atoms with Crippen LogP contribution in [-0.2, 0) is 17.8 Å². The number of hydrogen-bond donors (Lipinski definition) is 2. The Labute approximate surface area is 142 Å². The van der Waals surface area contributed by atoms with Gasteiger partial charge in [-0.25, -0.2) is 4.68 Å². The van der Waals surface area contributed by atoms with Crippen molar-refractivity contribution in [3.8, 4) is 0 Å². The van der Waals surface area contributed by atoms with Gasteiger partial charge < -0.3 is 15.2 Å². The van der Waals surface area contributed by atoms with Gasteiger partial charge in [0.15, 0.2) is 0 Å². The number of hydrogen-bond acceptors (Lipinski definition) is 5. The summed E-state index contributed by atoms with van der Waals surface area (Å²) in [6.45, 7) is 1.91. The first kappa shape index (κ1) is 16.2. The molecule has 1 aromatic rings. The van der Waals surface area contributed by atoms with Gasteiger partial charge in [0, 0.05) is 30.6 Å². The standard InChI is InChI=1S/C18H27N3O3/c22-17-10-13-11-24-9-6-16(13)20-21(17)15-4-2-14(3-5-15)19-12-18(23)7-1-8-18/h10,14-15,19,23H,1-9,11-12H2. The minimum Gasteiger partial charge on any atom is -0.389 e. The normalized spacial score (nSPS) is 28.9. The van der Waals surface area contributed by atoms with Gasteiger partial charge in [-0.05, 0) is 44.9 Å². The smallest absolute Gasteiger partial charge is 0.267 e. The van der Waals surface area contributed by atoms with Crippen molar-refractivity contribution >= 4 is 0 Å². The zero-order valence-corrected chi connectivity index (χ0v) is 14.2. The minimum atomic E-state index is -0.462. The second-order valence-corrected chi connectivity index (χ2v) is 7.67. The van der Waals surface area contributed by atoms with E-state index in [2.05, 4.69) is 10.4 Å². The van der Waals surface area contributed by atoms with Crippen LogP contribution in [0, 0.1) is 0 Å². The van der Waals surface area contributed by atoms with E-state index in [0.717, 1.165) is 62.6 Å². The molecule has 0 saturated heterocycles. The second-order valence-electron chi connectivity index (χ2n) is 7.67. The highest BCUT2D eigenvalue weighted by Crippen LogP contribution is 2.32. The lowest BCUT2D eigenvalue weighted by Gasteiger charge is -2.39. The van der Waals surface area contributed by atoms with E-state index in [4.69, 9.17) is 4.74 Å². The molecule has 3 aliphatic rings. The third-order valence-electron chi connectivity index (χ3n) is 5.91. The molecule has 2 saturated carbocycles. The number of aromatic nitrogens is 2. The maximum absolute atomic E-state index is 12.4. The third-order valence-corrected chi connectivity index (χ3v) is 5.91. The fourth-order valence-electron chi connectivity index (χ4n) is 4.11. The summed E-state index contributed by atoms with van der Waals surface area (Å²) in [7, 11) is 0. The molecule has 132 valence electrons.